The number of nitrogens with zero attached hydrogens (tertiary/aromatic N) is 2. The number of phenols is 1. The summed E-state index contributed by atoms with van der Waals surface area (Å²) >= 11 is 0. The lowest BCUT2D eigenvalue weighted by molar-refractivity contribution is 0.102. The van der Waals surface area contributed by atoms with Gasteiger partial charge in [0.2, 0.25) is 0 Å². The van der Waals surface area contributed by atoms with Crippen LogP contribution in [0.25, 0.3) is 0 Å². The largest absolute Gasteiger partial charge is 0.507 e. The molecule has 1 amide bonds. The Balaban J connectivity index is 2.26. The minimum atomic E-state index is -0.413. The number of carbonyl (C=O) groups excluding carboxylic acids is 1. The van der Waals surface area contributed by atoms with Gasteiger partial charge in [-0.15, -0.1) is 0 Å². The Kier molecular flexibility index (Phi) is 3.93. The molecule has 6 nitrogen and oxygen atoms in total. The van der Waals surface area contributed by atoms with Crippen molar-refractivity contribution in [1.82, 2.24) is 9.78 Å². The summed E-state index contributed by atoms with van der Waals surface area (Å²) in [7, 11) is 1.50. The molecule has 1 aromatic heterocycles. The second kappa shape index (κ2) is 5.64. The van der Waals surface area contributed by atoms with Crippen molar-refractivity contribution in [2.75, 3.05) is 12.4 Å². The monoisotopic (exact) mass is 275 g/mol. The molecule has 0 radical (unpaired) electrons. The van der Waals surface area contributed by atoms with E-state index in [2.05, 4.69) is 10.4 Å². The van der Waals surface area contributed by atoms with Crippen molar-refractivity contribution in [3.8, 4) is 11.5 Å². The first-order chi connectivity index (χ1) is 9.52. The summed E-state index contributed by atoms with van der Waals surface area (Å²) in [6, 6.07) is 6.33. The number of anilines is 1. The first kappa shape index (κ1) is 13.9. The molecule has 106 valence electrons. The van der Waals surface area contributed by atoms with Gasteiger partial charge in [0, 0.05) is 12.1 Å². The van der Waals surface area contributed by atoms with Gasteiger partial charge in [0.25, 0.3) is 5.91 Å². The van der Waals surface area contributed by atoms with Crippen molar-refractivity contribution in [3.63, 3.8) is 0 Å². The lowest BCUT2D eigenvalue weighted by atomic mass is 10.1. The van der Waals surface area contributed by atoms with Crippen LogP contribution >= 0.6 is 0 Å². The maximum Gasteiger partial charge on any atom is 0.260 e. The van der Waals surface area contributed by atoms with Gasteiger partial charge in [-0.1, -0.05) is 0 Å². The van der Waals surface area contributed by atoms with Crippen molar-refractivity contribution < 1.29 is 14.6 Å². The van der Waals surface area contributed by atoms with Gasteiger partial charge in [-0.25, -0.2) is 4.68 Å². The molecule has 20 heavy (non-hydrogen) atoms. The maximum atomic E-state index is 12.2. The zero-order chi connectivity index (χ0) is 14.7. The van der Waals surface area contributed by atoms with Crippen LogP contribution in [0.1, 0.15) is 30.2 Å². The fourth-order valence-corrected chi connectivity index (χ4v) is 1.83. The molecule has 0 aliphatic carbocycles. The van der Waals surface area contributed by atoms with E-state index in [4.69, 9.17) is 4.74 Å². The third-order valence-electron chi connectivity index (χ3n) is 2.85. The molecule has 2 rings (SSSR count). The van der Waals surface area contributed by atoms with Crippen LogP contribution in [0.5, 0.6) is 11.5 Å². The molecule has 0 saturated heterocycles. The molecular weight excluding hydrogens is 258 g/mol. The van der Waals surface area contributed by atoms with E-state index in [1.807, 2.05) is 13.8 Å². The summed E-state index contributed by atoms with van der Waals surface area (Å²) in [5, 5.41) is 16.6. The number of amides is 1. The van der Waals surface area contributed by atoms with E-state index in [-0.39, 0.29) is 17.4 Å². The van der Waals surface area contributed by atoms with E-state index in [0.717, 1.165) is 0 Å². The Labute approximate surface area is 117 Å². The second-order valence-corrected chi connectivity index (χ2v) is 4.59. The van der Waals surface area contributed by atoms with Crippen LogP contribution in [-0.2, 0) is 0 Å². The summed E-state index contributed by atoms with van der Waals surface area (Å²) < 4.78 is 6.74. The van der Waals surface area contributed by atoms with Gasteiger partial charge in [-0.3, -0.25) is 4.79 Å². The molecule has 0 aliphatic heterocycles. The van der Waals surface area contributed by atoms with Crippen LogP contribution in [0.3, 0.4) is 0 Å². The summed E-state index contributed by atoms with van der Waals surface area (Å²) in [6.45, 7) is 3.93. The van der Waals surface area contributed by atoms with Gasteiger partial charge in [0.05, 0.1) is 18.9 Å². The molecule has 0 aliphatic rings. The minimum absolute atomic E-state index is 0.0982. The number of benzene rings is 1. The highest BCUT2D eigenvalue weighted by Gasteiger charge is 2.15. The van der Waals surface area contributed by atoms with Crippen LogP contribution in [0, 0.1) is 0 Å². The molecule has 0 fully saturated rings. The van der Waals surface area contributed by atoms with Crippen LogP contribution in [0.15, 0.2) is 30.5 Å². The standard InChI is InChI=1S/C14H17N3O3/c1-9(2)17-13(6-7-15-17)16-14(19)11-8-10(20-3)4-5-12(11)18/h4-9,18H,1-3H3,(H,16,19). The summed E-state index contributed by atoms with van der Waals surface area (Å²) in [4.78, 5) is 12.2. The average Bonchev–Trinajstić information content (AvgIpc) is 2.87. The number of aromatic hydroxyl groups is 1. The number of hydrogen-bond donors (Lipinski definition) is 2. The van der Waals surface area contributed by atoms with Crippen molar-refractivity contribution in [1.29, 1.82) is 0 Å². The Hall–Kier alpha value is -2.50. The van der Waals surface area contributed by atoms with E-state index >= 15 is 0 Å². The van der Waals surface area contributed by atoms with Gasteiger partial charge in [0.15, 0.2) is 0 Å². The minimum Gasteiger partial charge on any atom is -0.507 e. The third-order valence-corrected chi connectivity index (χ3v) is 2.85. The number of phenolic OH excluding ortho intramolecular Hbond substituents is 1. The summed E-state index contributed by atoms with van der Waals surface area (Å²) in [5.41, 5.74) is 0.154. The number of rotatable bonds is 4. The Morgan fingerprint density at radius 2 is 2.15 bits per heavy atom. The van der Waals surface area contributed by atoms with Crippen molar-refractivity contribution in [2.24, 2.45) is 0 Å². The van der Waals surface area contributed by atoms with E-state index in [1.54, 1.807) is 23.0 Å². The van der Waals surface area contributed by atoms with E-state index in [0.29, 0.717) is 11.6 Å². The highest BCUT2D eigenvalue weighted by Crippen LogP contribution is 2.24. The van der Waals surface area contributed by atoms with Gasteiger partial charge < -0.3 is 15.2 Å². The SMILES string of the molecule is COc1ccc(O)c(C(=O)Nc2ccnn2C(C)C)c1. The highest BCUT2D eigenvalue weighted by molar-refractivity contribution is 6.06. The molecule has 2 aromatic rings. The third kappa shape index (κ3) is 2.74. The lowest BCUT2D eigenvalue weighted by Gasteiger charge is -2.12. The number of carbonyl (C=O) groups is 1. The molecule has 6 heteroatoms. The summed E-state index contributed by atoms with van der Waals surface area (Å²) in [5.74, 6) is 0.570. The number of nitrogens with one attached hydrogen (secondary N) is 1. The Morgan fingerprint density at radius 3 is 2.80 bits per heavy atom. The molecule has 1 heterocycles. The molecule has 0 unspecified atom stereocenters. The number of ether oxygens (including phenoxy) is 1. The van der Waals surface area contributed by atoms with Gasteiger partial charge in [-0.05, 0) is 32.0 Å². The maximum absolute atomic E-state index is 12.2. The predicted octanol–water partition coefficient (Wildman–Crippen LogP) is 2.43. The van der Waals surface area contributed by atoms with Crippen molar-refractivity contribution >= 4 is 11.7 Å². The van der Waals surface area contributed by atoms with Crippen LogP contribution in [0.2, 0.25) is 0 Å². The van der Waals surface area contributed by atoms with E-state index in [1.165, 1.54) is 19.2 Å². The quantitative estimate of drug-likeness (QED) is 0.898. The highest BCUT2D eigenvalue weighted by atomic mass is 16.5. The first-order valence-corrected chi connectivity index (χ1v) is 6.24. The van der Waals surface area contributed by atoms with Crippen LogP contribution < -0.4 is 10.1 Å². The number of hydrogen-bond acceptors (Lipinski definition) is 4. The van der Waals surface area contributed by atoms with E-state index in [9.17, 15) is 9.90 Å². The first-order valence-electron chi connectivity index (χ1n) is 6.24. The average molecular weight is 275 g/mol. The molecule has 1 aromatic carbocycles. The van der Waals surface area contributed by atoms with E-state index < -0.39 is 5.91 Å². The molecular formula is C14H17N3O3. The molecule has 2 N–H and O–H groups in total. The van der Waals surface area contributed by atoms with Crippen molar-refractivity contribution in [2.45, 2.75) is 19.9 Å². The van der Waals surface area contributed by atoms with Crippen LogP contribution in [0.4, 0.5) is 5.82 Å². The summed E-state index contributed by atoms with van der Waals surface area (Å²) in [6.07, 6.45) is 1.61. The molecule has 0 bridgehead atoms. The zero-order valence-electron chi connectivity index (χ0n) is 11.6. The number of aromatic nitrogens is 2. The van der Waals surface area contributed by atoms with Crippen molar-refractivity contribution in [3.05, 3.63) is 36.0 Å². The predicted molar refractivity (Wildman–Crippen MR) is 75.2 cm³/mol. The second-order valence-electron chi connectivity index (χ2n) is 4.59. The van der Waals surface area contributed by atoms with Gasteiger partial charge in [0.1, 0.15) is 17.3 Å². The Bertz CT molecular complexity index is 620. The van der Waals surface area contributed by atoms with Crippen LogP contribution in [-0.4, -0.2) is 27.9 Å². The Morgan fingerprint density at radius 1 is 1.40 bits per heavy atom. The van der Waals surface area contributed by atoms with Gasteiger partial charge >= 0.3 is 0 Å². The lowest BCUT2D eigenvalue weighted by Crippen LogP contribution is -2.17. The topological polar surface area (TPSA) is 76.4 Å². The van der Waals surface area contributed by atoms with Gasteiger partial charge in [-0.2, -0.15) is 5.10 Å². The number of methoxy groups -OCH3 is 1. The smallest absolute Gasteiger partial charge is 0.260 e. The fraction of sp³-hybridized carbons (Fsp3) is 0.286. The fourth-order valence-electron chi connectivity index (χ4n) is 1.83. The molecule has 0 spiro atoms. The zero-order valence-corrected chi connectivity index (χ0v) is 11.6. The molecule has 0 saturated carbocycles. The molecule has 0 atom stereocenters. The normalized spacial score (nSPS) is 10.6.